The Morgan fingerprint density at radius 3 is 2.37 bits per heavy atom. The van der Waals surface area contributed by atoms with Gasteiger partial charge in [0.1, 0.15) is 5.82 Å². The number of aromatic amines is 1. The topological polar surface area (TPSA) is 58.6 Å². The normalized spacial score (nSPS) is 11.6. The molecule has 0 atom stereocenters. The number of nitrogens with zero attached hydrogens (tertiary/aromatic N) is 2. The molecule has 1 N–H and O–H groups in total. The van der Waals surface area contributed by atoms with Gasteiger partial charge in [0.2, 0.25) is 0 Å². The minimum Gasteiger partial charge on any atom is -0.310 e. The van der Waals surface area contributed by atoms with Gasteiger partial charge in [0.25, 0.3) is 5.56 Å². The van der Waals surface area contributed by atoms with Crippen LogP contribution in [0.5, 0.6) is 0 Å². The highest BCUT2D eigenvalue weighted by Gasteiger charge is 2.19. The quantitative estimate of drug-likeness (QED) is 0.854. The summed E-state index contributed by atoms with van der Waals surface area (Å²) in [6.07, 6.45) is 1.76. The van der Waals surface area contributed by atoms with Gasteiger partial charge in [-0.15, -0.1) is 0 Å². The smallest absolute Gasteiger partial charge is 0.254 e. The van der Waals surface area contributed by atoms with Crippen LogP contribution in [0.2, 0.25) is 0 Å². The predicted octanol–water partition coefficient (Wildman–Crippen LogP) is 2.75. The number of pyridine rings is 1. The number of nitrogens with one attached hydrogen (secondary N) is 1. The van der Waals surface area contributed by atoms with Crippen LogP contribution in [0.15, 0.2) is 23.1 Å². The molecule has 4 nitrogen and oxygen atoms in total. The van der Waals surface area contributed by atoms with Gasteiger partial charge in [-0.3, -0.25) is 9.78 Å². The molecule has 0 amide bonds. The van der Waals surface area contributed by atoms with E-state index in [1.165, 1.54) is 0 Å². The Morgan fingerprint density at radius 1 is 1.16 bits per heavy atom. The molecule has 0 radical (unpaired) electrons. The highest BCUT2D eigenvalue weighted by molar-refractivity contribution is 5.61. The number of hydrogen-bond donors (Lipinski definition) is 1. The maximum Gasteiger partial charge on any atom is 0.254 e. The van der Waals surface area contributed by atoms with Crippen LogP contribution in [0.1, 0.15) is 37.9 Å². The first-order chi connectivity index (χ1) is 8.79. The molecule has 19 heavy (non-hydrogen) atoms. The van der Waals surface area contributed by atoms with Crippen molar-refractivity contribution in [1.29, 1.82) is 0 Å². The zero-order valence-electron chi connectivity index (χ0n) is 12.0. The Bertz CT molecular complexity index is 649. The van der Waals surface area contributed by atoms with Crippen molar-refractivity contribution in [2.24, 2.45) is 0 Å². The van der Waals surface area contributed by atoms with Gasteiger partial charge in [-0.2, -0.15) is 0 Å². The largest absolute Gasteiger partial charge is 0.310 e. The minimum atomic E-state index is -0.195. The van der Waals surface area contributed by atoms with Gasteiger partial charge < -0.3 is 4.98 Å². The summed E-state index contributed by atoms with van der Waals surface area (Å²) < 4.78 is 0. The molecule has 2 aromatic heterocycles. The van der Waals surface area contributed by atoms with Crippen molar-refractivity contribution in [2.75, 3.05) is 0 Å². The van der Waals surface area contributed by atoms with Gasteiger partial charge >= 0.3 is 0 Å². The molecule has 0 spiro atoms. The number of aromatic nitrogens is 3. The van der Waals surface area contributed by atoms with E-state index in [1.807, 2.05) is 39.8 Å². The number of aryl methyl sites for hydroxylation is 1. The molecule has 0 aliphatic heterocycles. The fourth-order valence-corrected chi connectivity index (χ4v) is 1.78. The molecule has 2 rings (SSSR count). The molecular weight excluding hydrogens is 238 g/mol. The lowest BCUT2D eigenvalue weighted by atomic mass is 9.95. The maximum atomic E-state index is 12.0. The molecule has 100 valence electrons. The van der Waals surface area contributed by atoms with Crippen LogP contribution in [0.3, 0.4) is 0 Å². The highest BCUT2D eigenvalue weighted by Crippen LogP contribution is 2.22. The molecule has 4 heteroatoms. The second kappa shape index (κ2) is 4.61. The van der Waals surface area contributed by atoms with E-state index < -0.39 is 0 Å². The summed E-state index contributed by atoms with van der Waals surface area (Å²) in [6, 6.07) is 3.87. The van der Waals surface area contributed by atoms with E-state index in [4.69, 9.17) is 0 Å². The van der Waals surface area contributed by atoms with E-state index in [0.29, 0.717) is 17.1 Å². The average Bonchev–Trinajstić information content (AvgIpc) is 2.32. The fourth-order valence-electron chi connectivity index (χ4n) is 1.78. The second-order valence-electron chi connectivity index (χ2n) is 5.83. The lowest BCUT2D eigenvalue weighted by Gasteiger charge is -2.18. The molecule has 0 saturated carbocycles. The van der Waals surface area contributed by atoms with E-state index in [1.54, 1.807) is 13.1 Å². The van der Waals surface area contributed by atoms with Crippen LogP contribution in [0, 0.1) is 13.8 Å². The lowest BCUT2D eigenvalue weighted by Crippen LogP contribution is -2.24. The highest BCUT2D eigenvalue weighted by atomic mass is 16.1. The van der Waals surface area contributed by atoms with Gasteiger partial charge in [-0.1, -0.05) is 20.8 Å². The average molecular weight is 257 g/mol. The fraction of sp³-hybridized carbons (Fsp3) is 0.400. The summed E-state index contributed by atoms with van der Waals surface area (Å²) in [7, 11) is 0. The molecule has 0 aromatic carbocycles. The zero-order valence-corrected chi connectivity index (χ0v) is 12.0. The molecule has 0 bridgehead atoms. The van der Waals surface area contributed by atoms with E-state index in [-0.39, 0.29) is 11.0 Å². The van der Waals surface area contributed by atoms with Crippen molar-refractivity contribution in [3.05, 3.63) is 45.8 Å². The van der Waals surface area contributed by atoms with Gasteiger partial charge in [0.05, 0.1) is 5.69 Å². The van der Waals surface area contributed by atoms with Crippen LogP contribution in [0.4, 0.5) is 0 Å². The third-order valence-corrected chi connectivity index (χ3v) is 3.05. The van der Waals surface area contributed by atoms with Crippen LogP contribution in [-0.4, -0.2) is 15.0 Å². The van der Waals surface area contributed by atoms with Crippen molar-refractivity contribution in [2.45, 2.75) is 40.0 Å². The Labute approximate surface area is 112 Å². The molecule has 0 fully saturated rings. The molecule has 2 aromatic rings. The number of H-pyrrole nitrogens is 1. The van der Waals surface area contributed by atoms with Gasteiger partial charge in [0.15, 0.2) is 0 Å². The Balaban J connectivity index is 2.66. The Kier molecular flexibility index (Phi) is 3.27. The Morgan fingerprint density at radius 2 is 1.84 bits per heavy atom. The first-order valence-electron chi connectivity index (χ1n) is 6.33. The van der Waals surface area contributed by atoms with Crippen LogP contribution in [-0.2, 0) is 5.41 Å². The first kappa shape index (κ1) is 13.5. The number of rotatable bonds is 1. The summed E-state index contributed by atoms with van der Waals surface area (Å²) in [6.45, 7) is 9.79. The van der Waals surface area contributed by atoms with Gasteiger partial charge in [-0.25, -0.2) is 4.98 Å². The van der Waals surface area contributed by atoms with E-state index in [0.717, 1.165) is 11.3 Å². The standard InChI is InChI=1S/C15H19N3O/c1-9-6-7-11(8-16-9)12-10(2)13(19)18-14(17-12)15(3,4)5/h6-8H,1-5H3,(H,17,18,19). The maximum absolute atomic E-state index is 12.0. The first-order valence-corrected chi connectivity index (χ1v) is 6.33. The summed E-state index contributed by atoms with van der Waals surface area (Å²) in [4.78, 5) is 23.8. The van der Waals surface area contributed by atoms with Crippen molar-refractivity contribution >= 4 is 0 Å². The minimum absolute atomic E-state index is 0.0875. The van der Waals surface area contributed by atoms with E-state index in [2.05, 4.69) is 15.0 Å². The second-order valence-corrected chi connectivity index (χ2v) is 5.83. The van der Waals surface area contributed by atoms with Crippen LogP contribution >= 0.6 is 0 Å². The molecular formula is C15H19N3O. The molecule has 2 heterocycles. The van der Waals surface area contributed by atoms with Crippen molar-refractivity contribution in [3.8, 4) is 11.3 Å². The summed E-state index contributed by atoms with van der Waals surface area (Å²) in [5.41, 5.74) is 2.87. The predicted molar refractivity (Wildman–Crippen MR) is 76.3 cm³/mol. The third-order valence-electron chi connectivity index (χ3n) is 3.05. The third kappa shape index (κ3) is 2.72. The van der Waals surface area contributed by atoms with Crippen molar-refractivity contribution in [1.82, 2.24) is 15.0 Å². The molecule has 0 saturated heterocycles. The van der Waals surface area contributed by atoms with Crippen molar-refractivity contribution in [3.63, 3.8) is 0 Å². The van der Waals surface area contributed by atoms with Crippen molar-refractivity contribution < 1.29 is 0 Å². The summed E-state index contributed by atoms with van der Waals surface area (Å²) in [5.74, 6) is 0.693. The molecule has 0 aliphatic carbocycles. The zero-order chi connectivity index (χ0) is 14.2. The SMILES string of the molecule is Cc1ccc(-c2nc(C(C)(C)C)[nH]c(=O)c2C)cn1. The van der Waals surface area contributed by atoms with E-state index in [9.17, 15) is 4.79 Å². The van der Waals surface area contributed by atoms with E-state index >= 15 is 0 Å². The van der Waals surface area contributed by atoms with Gasteiger partial charge in [0, 0.05) is 28.4 Å². The lowest BCUT2D eigenvalue weighted by molar-refractivity contribution is 0.542. The number of hydrogen-bond acceptors (Lipinski definition) is 3. The summed E-state index contributed by atoms with van der Waals surface area (Å²) in [5, 5.41) is 0. The van der Waals surface area contributed by atoms with Crippen LogP contribution in [0.25, 0.3) is 11.3 Å². The monoisotopic (exact) mass is 257 g/mol. The molecule has 0 aliphatic rings. The van der Waals surface area contributed by atoms with Gasteiger partial charge in [-0.05, 0) is 26.0 Å². The Hall–Kier alpha value is -1.97. The van der Waals surface area contributed by atoms with Crippen LogP contribution < -0.4 is 5.56 Å². The molecule has 0 unspecified atom stereocenters. The summed E-state index contributed by atoms with van der Waals surface area (Å²) >= 11 is 0.